The molecule has 0 amide bonds. The first-order chi connectivity index (χ1) is 13.6. The van der Waals surface area contributed by atoms with Gasteiger partial charge in [-0.15, -0.1) is 0 Å². The Labute approximate surface area is 164 Å². The molecule has 0 radical (unpaired) electrons. The van der Waals surface area contributed by atoms with Crippen LogP contribution in [-0.2, 0) is 0 Å². The Morgan fingerprint density at radius 3 is 1.59 bits per heavy atom. The van der Waals surface area contributed by atoms with E-state index in [0.29, 0.717) is 22.1 Å². The maximum absolute atomic E-state index is 11.2. The summed E-state index contributed by atoms with van der Waals surface area (Å²) in [5, 5.41) is 0. The normalized spacial score (nSPS) is 10.8. The highest BCUT2D eigenvalue weighted by Gasteiger charge is 2.06. The molecule has 0 aliphatic carbocycles. The predicted molar refractivity (Wildman–Crippen MR) is 114 cm³/mol. The summed E-state index contributed by atoms with van der Waals surface area (Å²) in [5.41, 5.74) is 5.63. The van der Waals surface area contributed by atoms with Crippen molar-refractivity contribution in [3.05, 3.63) is 87.4 Å². The number of aromatic nitrogens is 4. The van der Waals surface area contributed by atoms with Gasteiger partial charge in [-0.1, -0.05) is 6.07 Å². The fourth-order valence-corrected chi connectivity index (χ4v) is 3.12. The minimum Gasteiger partial charge on any atom is -0.316 e. The average Bonchev–Trinajstić information content (AvgIpc) is 2.67. The van der Waals surface area contributed by atoms with E-state index in [1.54, 1.807) is 6.07 Å². The van der Waals surface area contributed by atoms with Crippen LogP contribution in [0.15, 0.2) is 37.4 Å². The summed E-state index contributed by atoms with van der Waals surface area (Å²) in [6, 6.07) is 5.57. The first kappa shape index (κ1) is 20.1. The molecule has 0 atom stereocenters. The second kappa shape index (κ2) is 7.38. The van der Waals surface area contributed by atoms with Gasteiger partial charge in [0.25, 0.3) is 0 Å². The van der Waals surface area contributed by atoms with E-state index >= 15 is 0 Å². The Bertz CT molecular complexity index is 1490. The lowest BCUT2D eigenvalue weighted by atomic mass is 10.0. The van der Waals surface area contributed by atoms with Crippen LogP contribution in [0.2, 0.25) is 0 Å². The van der Waals surface area contributed by atoms with Crippen LogP contribution in [0.5, 0.6) is 0 Å². The molecule has 8 nitrogen and oxygen atoms in total. The van der Waals surface area contributed by atoms with Gasteiger partial charge in [-0.2, -0.15) is 0 Å². The molecule has 2 aromatic heterocycles. The molecule has 4 N–H and O–H groups in total. The fourth-order valence-electron chi connectivity index (χ4n) is 3.12. The number of aromatic amines is 4. The van der Waals surface area contributed by atoms with Crippen LogP contribution in [0.4, 0.5) is 0 Å². The lowest BCUT2D eigenvalue weighted by Gasteiger charge is -2.08. The van der Waals surface area contributed by atoms with Crippen LogP contribution in [-0.4, -0.2) is 19.9 Å². The number of fused-ring (bicyclic) bond motifs is 2. The zero-order valence-corrected chi connectivity index (χ0v) is 16.9. The van der Waals surface area contributed by atoms with E-state index in [4.69, 9.17) is 0 Å². The average molecular weight is 394 g/mol. The summed E-state index contributed by atoms with van der Waals surface area (Å²) < 4.78 is 0. The minimum atomic E-state index is -0.610. The summed E-state index contributed by atoms with van der Waals surface area (Å²) in [5.74, 6) is 0. The van der Waals surface area contributed by atoms with Gasteiger partial charge >= 0.3 is 22.2 Å². The van der Waals surface area contributed by atoms with Gasteiger partial charge in [-0.05, 0) is 74.6 Å². The van der Waals surface area contributed by atoms with Crippen LogP contribution in [0.3, 0.4) is 0 Å². The van der Waals surface area contributed by atoms with Crippen molar-refractivity contribution in [1.29, 1.82) is 0 Å². The van der Waals surface area contributed by atoms with E-state index in [2.05, 4.69) is 19.9 Å². The smallest absolute Gasteiger partial charge is 0.314 e. The summed E-state index contributed by atoms with van der Waals surface area (Å²) >= 11 is 0. The van der Waals surface area contributed by atoms with Crippen molar-refractivity contribution in [1.82, 2.24) is 19.9 Å². The number of benzene rings is 2. The van der Waals surface area contributed by atoms with Crippen LogP contribution in [0.25, 0.3) is 22.1 Å². The lowest BCUT2D eigenvalue weighted by molar-refractivity contribution is 1.12. The Hall–Kier alpha value is -3.68. The van der Waals surface area contributed by atoms with Gasteiger partial charge < -0.3 is 19.9 Å². The monoisotopic (exact) mass is 394 g/mol. The second-order valence-corrected chi connectivity index (χ2v) is 7.11. The van der Waals surface area contributed by atoms with Crippen molar-refractivity contribution in [2.24, 2.45) is 0 Å². The topological polar surface area (TPSA) is 131 Å². The number of hydrogen-bond donors (Lipinski definition) is 4. The maximum Gasteiger partial charge on any atom is 0.314 e. The molecule has 150 valence electrons. The Balaban J connectivity index is 0.000000166. The van der Waals surface area contributed by atoms with E-state index in [9.17, 15) is 19.2 Å². The molecule has 0 fully saturated rings. The molecule has 0 saturated carbocycles. The van der Waals surface area contributed by atoms with Crippen molar-refractivity contribution < 1.29 is 0 Å². The molecule has 29 heavy (non-hydrogen) atoms. The largest absolute Gasteiger partial charge is 0.316 e. The van der Waals surface area contributed by atoms with Crippen molar-refractivity contribution >= 4 is 22.1 Å². The maximum atomic E-state index is 11.2. The van der Waals surface area contributed by atoms with E-state index in [1.165, 1.54) is 0 Å². The van der Waals surface area contributed by atoms with Crippen LogP contribution in [0.1, 0.15) is 27.8 Å². The molecule has 2 aromatic carbocycles. The molecular weight excluding hydrogens is 372 g/mol. The Kier molecular flexibility index (Phi) is 5.11. The molecule has 4 aromatic rings. The Morgan fingerprint density at radius 2 is 1.00 bits per heavy atom. The first-order valence-electron chi connectivity index (χ1n) is 9.05. The molecule has 0 bridgehead atoms. The molecule has 0 aliphatic rings. The third-order valence-corrected chi connectivity index (χ3v) is 5.28. The number of H-pyrrole nitrogens is 4. The quantitative estimate of drug-likeness (QED) is 0.340. The van der Waals surface area contributed by atoms with Crippen LogP contribution >= 0.6 is 0 Å². The number of aryl methyl sites for hydroxylation is 4. The van der Waals surface area contributed by atoms with E-state index in [0.717, 1.165) is 27.8 Å². The van der Waals surface area contributed by atoms with Gasteiger partial charge in [0.05, 0.1) is 22.1 Å². The highest BCUT2D eigenvalue weighted by molar-refractivity contribution is 5.80. The zero-order chi connectivity index (χ0) is 21.5. The minimum absolute atomic E-state index is 0.603. The molecule has 0 unspecified atom stereocenters. The zero-order valence-electron chi connectivity index (χ0n) is 16.9. The standard InChI is InChI=1S/C11H12N2O2.C10H10N2O2/c1-5-4-8-9(7(3)6(5)2)13-11(15)10(14)12-8;1-5-3-4-7-8(6(5)2)12-10(14)9(13)11-7/h4H,1-3H3,(H,12,14)(H,13,15);3-4H,1-2H3,(H,11,13)(H,12,14). The predicted octanol–water partition coefficient (Wildman–Crippen LogP) is 1.97. The number of nitrogens with one attached hydrogen (secondary N) is 4. The van der Waals surface area contributed by atoms with Crippen LogP contribution < -0.4 is 22.2 Å². The van der Waals surface area contributed by atoms with E-state index in [-0.39, 0.29) is 0 Å². The summed E-state index contributed by atoms with van der Waals surface area (Å²) in [7, 11) is 0. The highest BCUT2D eigenvalue weighted by atomic mass is 16.2. The first-order valence-corrected chi connectivity index (χ1v) is 9.05. The number of rotatable bonds is 0. The summed E-state index contributed by atoms with van der Waals surface area (Å²) in [6.07, 6.45) is 0. The Morgan fingerprint density at radius 1 is 0.517 bits per heavy atom. The third kappa shape index (κ3) is 3.69. The van der Waals surface area contributed by atoms with Crippen molar-refractivity contribution in [3.8, 4) is 0 Å². The molecule has 4 rings (SSSR count). The molecule has 2 heterocycles. The summed E-state index contributed by atoms with van der Waals surface area (Å²) in [6.45, 7) is 9.77. The number of hydrogen-bond acceptors (Lipinski definition) is 4. The van der Waals surface area contributed by atoms with Crippen molar-refractivity contribution in [2.45, 2.75) is 34.6 Å². The van der Waals surface area contributed by atoms with Gasteiger partial charge in [0.1, 0.15) is 0 Å². The van der Waals surface area contributed by atoms with Gasteiger partial charge in [0, 0.05) is 0 Å². The molecule has 0 spiro atoms. The molecular formula is C21H22N4O4. The van der Waals surface area contributed by atoms with Gasteiger partial charge in [0.2, 0.25) is 0 Å². The molecule has 0 aliphatic heterocycles. The van der Waals surface area contributed by atoms with E-state index < -0.39 is 22.2 Å². The molecule has 8 heteroatoms. The fraction of sp³-hybridized carbons (Fsp3) is 0.238. The summed E-state index contributed by atoms with van der Waals surface area (Å²) in [4.78, 5) is 54.7. The molecule has 0 saturated heterocycles. The lowest BCUT2D eigenvalue weighted by Crippen LogP contribution is -2.29. The van der Waals surface area contributed by atoms with Crippen molar-refractivity contribution in [3.63, 3.8) is 0 Å². The highest BCUT2D eigenvalue weighted by Crippen LogP contribution is 2.19. The second-order valence-electron chi connectivity index (χ2n) is 7.11. The van der Waals surface area contributed by atoms with E-state index in [1.807, 2.05) is 46.8 Å². The third-order valence-electron chi connectivity index (χ3n) is 5.28. The van der Waals surface area contributed by atoms with Gasteiger partial charge in [-0.3, -0.25) is 19.2 Å². The SMILES string of the molecule is Cc1cc2[nH]c(=O)c(=O)[nH]c2c(C)c1C.Cc1ccc2[nH]c(=O)c(=O)[nH]c2c1C. The van der Waals surface area contributed by atoms with Gasteiger partial charge in [-0.25, -0.2) is 0 Å². The van der Waals surface area contributed by atoms with Crippen LogP contribution in [0, 0.1) is 34.6 Å². The van der Waals surface area contributed by atoms with Gasteiger partial charge in [0.15, 0.2) is 0 Å². The van der Waals surface area contributed by atoms with Crippen molar-refractivity contribution in [2.75, 3.05) is 0 Å².